The third-order valence-electron chi connectivity index (χ3n) is 3.04. The van der Waals surface area contributed by atoms with Crippen molar-refractivity contribution >= 4 is 0 Å². The van der Waals surface area contributed by atoms with E-state index in [4.69, 9.17) is 4.74 Å². The molecule has 0 aliphatic heterocycles. The second-order valence-corrected chi connectivity index (χ2v) is 4.33. The quantitative estimate of drug-likeness (QED) is 0.666. The van der Waals surface area contributed by atoms with Crippen molar-refractivity contribution in [2.24, 2.45) is 0 Å². The van der Waals surface area contributed by atoms with E-state index < -0.39 is 0 Å². The van der Waals surface area contributed by atoms with Crippen LogP contribution in [-0.2, 0) is 0 Å². The molecule has 0 heterocycles. The molecule has 0 aliphatic rings. The molecular formula is C15H22O. The van der Waals surface area contributed by atoms with Gasteiger partial charge in [0.15, 0.2) is 0 Å². The smallest absolute Gasteiger partial charge is 0.125 e. The van der Waals surface area contributed by atoms with Gasteiger partial charge in [-0.25, -0.2) is 0 Å². The van der Waals surface area contributed by atoms with E-state index in [9.17, 15) is 0 Å². The highest BCUT2D eigenvalue weighted by molar-refractivity contribution is 5.45. The fraction of sp³-hybridized carbons (Fsp3) is 0.467. The van der Waals surface area contributed by atoms with Gasteiger partial charge in [-0.2, -0.15) is 0 Å². The molecule has 0 fully saturated rings. The summed E-state index contributed by atoms with van der Waals surface area (Å²) in [5, 5.41) is 0. The maximum absolute atomic E-state index is 5.53. The lowest BCUT2D eigenvalue weighted by atomic mass is 9.90. The number of hydrogen-bond donors (Lipinski definition) is 0. The van der Waals surface area contributed by atoms with Gasteiger partial charge in [-0.3, -0.25) is 0 Å². The van der Waals surface area contributed by atoms with Gasteiger partial charge in [0.2, 0.25) is 0 Å². The molecule has 0 aromatic heterocycles. The standard InChI is InChI=1S/C15H22O/c1-6-8-13(7-2)14-10-11(3)9-12(4)15(14)16-5/h6,9-10,13H,1,7-8H2,2-5H3. The lowest BCUT2D eigenvalue weighted by Gasteiger charge is -2.19. The Morgan fingerprint density at radius 3 is 2.56 bits per heavy atom. The number of hydrogen-bond acceptors (Lipinski definition) is 1. The second-order valence-electron chi connectivity index (χ2n) is 4.33. The molecule has 1 rings (SSSR count). The Kier molecular flexibility index (Phi) is 4.60. The SMILES string of the molecule is C=CCC(CC)c1cc(C)cc(C)c1OC. The maximum atomic E-state index is 5.53. The van der Waals surface area contributed by atoms with Crippen molar-refractivity contribution in [1.82, 2.24) is 0 Å². The Morgan fingerprint density at radius 1 is 1.38 bits per heavy atom. The van der Waals surface area contributed by atoms with Gasteiger partial charge in [0.05, 0.1) is 7.11 Å². The van der Waals surface area contributed by atoms with Gasteiger partial charge in [-0.1, -0.05) is 30.7 Å². The predicted molar refractivity (Wildman–Crippen MR) is 70.3 cm³/mol. The number of allylic oxidation sites excluding steroid dienone is 1. The van der Waals surface area contributed by atoms with Gasteiger partial charge in [0.25, 0.3) is 0 Å². The Labute approximate surface area is 99.1 Å². The first-order valence-electron chi connectivity index (χ1n) is 5.90. The van der Waals surface area contributed by atoms with Crippen molar-refractivity contribution in [3.63, 3.8) is 0 Å². The third kappa shape index (κ3) is 2.66. The van der Waals surface area contributed by atoms with E-state index >= 15 is 0 Å². The summed E-state index contributed by atoms with van der Waals surface area (Å²) in [4.78, 5) is 0. The Morgan fingerprint density at radius 2 is 2.06 bits per heavy atom. The van der Waals surface area contributed by atoms with Crippen molar-refractivity contribution in [2.45, 2.75) is 39.5 Å². The predicted octanol–water partition coefficient (Wildman–Crippen LogP) is 4.38. The van der Waals surface area contributed by atoms with Crippen molar-refractivity contribution in [2.75, 3.05) is 7.11 Å². The van der Waals surface area contributed by atoms with Gasteiger partial charge in [0, 0.05) is 0 Å². The van der Waals surface area contributed by atoms with Crippen LogP contribution < -0.4 is 4.74 Å². The van der Waals surface area contributed by atoms with Crippen LogP contribution in [0.2, 0.25) is 0 Å². The lowest BCUT2D eigenvalue weighted by molar-refractivity contribution is 0.401. The molecule has 1 nitrogen and oxygen atoms in total. The third-order valence-corrected chi connectivity index (χ3v) is 3.04. The molecule has 88 valence electrons. The van der Waals surface area contributed by atoms with E-state index in [0.29, 0.717) is 5.92 Å². The van der Waals surface area contributed by atoms with E-state index in [1.165, 1.54) is 16.7 Å². The summed E-state index contributed by atoms with van der Waals surface area (Å²) in [6.45, 7) is 10.3. The highest BCUT2D eigenvalue weighted by atomic mass is 16.5. The summed E-state index contributed by atoms with van der Waals surface area (Å²) in [5.74, 6) is 1.56. The zero-order valence-electron chi connectivity index (χ0n) is 10.8. The molecule has 0 amide bonds. The molecule has 0 radical (unpaired) electrons. The zero-order chi connectivity index (χ0) is 12.1. The number of rotatable bonds is 5. The van der Waals surface area contributed by atoms with Gasteiger partial charge in [-0.15, -0.1) is 6.58 Å². The zero-order valence-corrected chi connectivity index (χ0v) is 10.8. The molecule has 1 aromatic rings. The molecule has 0 spiro atoms. The van der Waals surface area contributed by atoms with E-state index in [1.807, 2.05) is 6.08 Å². The fourth-order valence-corrected chi connectivity index (χ4v) is 2.28. The number of aryl methyl sites for hydroxylation is 2. The second kappa shape index (κ2) is 5.74. The topological polar surface area (TPSA) is 9.23 Å². The molecule has 0 bridgehead atoms. The lowest BCUT2D eigenvalue weighted by Crippen LogP contribution is -2.02. The van der Waals surface area contributed by atoms with Crippen LogP contribution >= 0.6 is 0 Å². The average Bonchev–Trinajstić information content (AvgIpc) is 2.25. The van der Waals surface area contributed by atoms with Crippen LogP contribution in [0.1, 0.15) is 42.4 Å². The number of ether oxygens (including phenoxy) is 1. The van der Waals surface area contributed by atoms with Crippen molar-refractivity contribution in [3.8, 4) is 5.75 Å². The molecule has 1 atom stereocenters. The molecule has 0 saturated heterocycles. The van der Waals surface area contributed by atoms with E-state index in [2.05, 4.69) is 39.5 Å². The fourth-order valence-electron chi connectivity index (χ4n) is 2.28. The maximum Gasteiger partial charge on any atom is 0.125 e. The minimum absolute atomic E-state index is 0.519. The summed E-state index contributed by atoms with van der Waals surface area (Å²) in [6.07, 6.45) is 4.12. The van der Waals surface area contributed by atoms with Crippen molar-refractivity contribution in [1.29, 1.82) is 0 Å². The first kappa shape index (κ1) is 12.8. The number of methoxy groups -OCH3 is 1. The average molecular weight is 218 g/mol. The Hall–Kier alpha value is -1.24. The molecule has 1 heteroatoms. The van der Waals surface area contributed by atoms with E-state index in [0.717, 1.165) is 18.6 Å². The molecule has 0 saturated carbocycles. The van der Waals surface area contributed by atoms with Gasteiger partial charge in [0.1, 0.15) is 5.75 Å². The highest BCUT2D eigenvalue weighted by Crippen LogP contribution is 2.34. The van der Waals surface area contributed by atoms with Crippen LogP contribution in [0.4, 0.5) is 0 Å². The normalized spacial score (nSPS) is 12.2. The van der Waals surface area contributed by atoms with Gasteiger partial charge < -0.3 is 4.74 Å². The van der Waals surface area contributed by atoms with Gasteiger partial charge in [-0.05, 0) is 43.7 Å². The molecule has 1 unspecified atom stereocenters. The monoisotopic (exact) mass is 218 g/mol. The van der Waals surface area contributed by atoms with Crippen LogP contribution in [0.3, 0.4) is 0 Å². The van der Waals surface area contributed by atoms with Crippen LogP contribution in [0.25, 0.3) is 0 Å². The highest BCUT2D eigenvalue weighted by Gasteiger charge is 2.15. The first-order valence-corrected chi connectivity index (χ1v) is 5.90. The van der Waals surface area contributed by atoms with Crippen LogP contribution in [0.5, 0.6) is 5.75 Å². The van der Waals surface area contributed by atoms with E-state index in [1.54, 1.807) is 7.11 Å². The van der Waals surface area contributed by atoms with E-state index in [-0.39, 0.29) is 0 Å². The molecule has 0 aliphatic carbocycles. The first-order chi connectivity index (χ1) is 7.63. The van der Waals surface area contributed by atoms with Crippen molar-refractivity contribution < 1.29 is 4.74 Å². The number of benzene rings is 1. The minimum atomic E-state index is 0.519. The van der Waals surface area contributed by atoms with Crippen LogP contribution in [-0.4, -0.2) is 7.11 Å². The van der Waals surface area contributed by atoms with Crippen LogP contribution in [0.15, 0.2) is 24.8 Å². The molecule has 1 aromatic carbocycles. The molecular weight excluding hydrogens is 196 g/mol. The summed E-state index contributed by atoms with van der Waals surface area (Å²) in [7, 11) is 1.75. The van der Waals surface area contributed by atoms with Crippen LogP contribution in [0, 0.1) is 13.8 Å². The summed E-state index contributed by atoms with van der Waals surface area (Å²) in [5.41, 5.74) is 3.85. The Bertz CT molecular complexity index is 366. The Balaban J connectivity index is 3.22. The van der Waals surface area contributed by atoms with Gasteiger partial charge >= 0.3 is 0 Å². The molecule has 0 N–H and O–H groups in total. The summed E-state index contributed by atoms with van der Waals surface area (Å²) in [6, 6.07) is 4.41. The molecule has 16 heavy (non-hydrogen) atoms. The summed E-state index contributed by atoms with van der Waals surface area (Å²) >= 11 is 0. The minimum Gasteiger partial charge on any atom is -0.496 e. The van der Waals surface area contributed by atoms with Crippen molar-refractivity contribution in [3.05, 3.63) is 41.5 Å². The summed E-state index contributed by atoms with van der Waals surface area (Å²) < 4.78 is 5.53. The largest absolute Gasteiger partial charge is 0.496 e.